The molecule has 0 saturated carbocycles. The Hall–Kier alpha value is -3.61. The Morgan fingerprint density at radius 2 is 2.05 bits per heavy atom. The Morgan fingerprint density at radius 1 is 1.29 bits per heavy atom. The largest absolute Gasteiger partial charge is 0.474 e. The first-order valence-electron chi connectivity index (χ1n) is 13.2. The molecule has 0 aliphatic carbocycles. The average Bonchev–Trinajstić information content (AvgIpc) is 3.28. The number of hydrogen-bond donors (Lipinski definition) is 1. The Kier molecular flexibility index (Phi) is 9.25. The summed E-state index contributed by atoms with van der Waals surface area (Å²) in [4.78, 5) is 33.5. The number of hydrogen-bond acceptors (Lipinski definition) is 8. The Balaban J connectivity index is 1.44. The highest BCUT2D eigenvalue weighted by Crippen LogP contribution is 2.39. The molecule has 0 bridgehead atoms. The maximum absolute atomic E-state index is 14.5. The molecule has 3 aromatic rings. The van der Waals surface area contributed by atoms with Crippen LogP contribution in [0.25, 0.3) is 10.9 Å². The van der Waals surface area contributed by atoms with Gasteiger partial charge in [0.05, 0.1) is 35.3 Å². The molecule has 2 aromatic heterocycles. The van der Waals surface area contributed by atoms with E-state index in [1.54, 1.807) is 32.9 Å². The van der Waals surface area contributed by atoms with Gasteiger partial charge >= 0.3 is 11.8 Å². The van der Waals surface area contributed by atoms with E-state index in [0.29, 0.717) is 36.0 Å². The van der Waals surface area contributed by atoms with Gasteiger partial charge in [-0.25, -0.2) is 23.5 Å². The van der Waals surface area contributed by atoms with Gasteiger partial charge in [0.15, 0.2) is 0 Å². The standard InChI is InChI=1S/C28H32BrF2N5O5/c1-16(6-5-9-32-25-20-10-17(29)7-8-22(20)33-14-24(25)36(38)39)40-26-21(11-18(30)13-34-26)23-12-19(31)15-35(23)27(37)41-28(2,3)4/h7-8,10-11,13-14,16,19,23H,5-6,9,12,15H2,1-4H3,(H,32,33)/t16-,19-,23+/m0/s1. The van der Waals surface area contributed by atoms with Crippen molar-refractivity contribution in [3.8, 4) is 5.88 Å². The summed E-state index contributed by atoms with van der Waals surface area (Å²) in [6, 6.07) is 5.77. The van der Waals surface area contributed by atoms with Crippen LogP contribution in [0.2, 0.25) is 0 Å². The van der Waals surface area contributed by atoms with Crippen LogP contribution in [0, 0.1) is 15.9 Å². The average molecular weight is 636 g/mol. The number of nitrogens with one attached hydrogen (secondary N) is 1. The maximum atomic E-state index is 14.5. The first-order chi connectivity index (χ1) is 19.3. The van der Waals surface area contributed by atoms with E-state index < -0.39 is 34.6 Å². The minimum Gasteiger partial charge on any atom is -0.474 e. The van der Waals surface area contributed by atoms with Crippen LogP contribution in [-0.4, -0.2) is 56.9 Å². The molecular weight excluding hydrogens is 604 g/mol. The molecule has 1 aromatic carbocycles. The van der Waals surface area contributed by atoms with Gasteiger partial charge in [-0.1, -0.05) is 15.9 Å². The van der Waals surface area contributed by atoms with E-state index in [-0.39, 0.29) is 36.2 Å². The summed E-state index contributed by atoms with van der Waals surface area (Å²) in [7, 11) is 0. The molecule has 3 atom stereocenters. The molecule has 1 aliphatic rings. The molecule has 1 amide bonds. The number of nitro groups is 1. The van der Waals surface area contributed by atoms with Gasteiger partial charge in [0, 0.05) is 28.4 Å². The molecule has 1 aliphatic heterocycles. The number of ether oxygens (including phenoxy) is 2. The van der Waals surface area contributed by atoms with Crippen molar-refractivity contribution in [2.45, 2.75) is 70.9 Å². The zero-order chi connectivity index (χ0) is 29.9. The molecule has 1 saturated heterocycles. The number of benzene rings is 1. The van der Waals surface area contributed by atoms with Gasteiger partial charge in [-0.3, -0.25) is 15.0 Å². The van der Waals surface area contributed by atoms with Crippen LogP contribution in [0.15, 0.2) is 41.1 Å². The fourth-order valence-corrected chi connectivity index (χ4v) is 5.07. The second kappa shape index (κ2) is 12.5. The number of pyridine rings is 2. The minimum atomic E-state index is -1.30. The maximum Gasteiger partial charge on any atom is 0.410 e. The van der Waals surface area contributed by atoms with E-state index in [2.05, 4.69) is 31.2 Å². The van der Waals surface area contributed by atoms with Gasteiger partial charge in [0.2, 0.25) is 5.88 Å². The number of alkyl halides is 1. The summed E-state index contributed by atoms with van der Waals surface area (Å²) in [6.45, 7) is 7.18. The zero-order valence-corrected chi connectivity index (χ0v) is 24.8. The summed E-state index contributed by atoms with van der Waals surface area (Å²) >= 11 is 3.40. The van der Waals surface area contributed by atoms with Gasteiger partial charge in [0.1, 0.15) is 29.5 Å². The predicted octanol–water partition coefficient (Wildman–Crippen LogP) is 7.12. The van der Waals surface area contributed by atoms with Crippen molar-refractivity contribution >= 4 is 44.3 Å². The summed E-state index contributed by atoms with van der Waals surface area (Å²) in [5.41, 5.74) is 0.359. The van der Waals surface area contributed by atoms with Crippen LogP contribution in [0.5, 0.6) is 5.88 Å². The second-order valence-electron chi connectivity index (χ2n) is 11.0. The lowest BCUT2D eigenvalue weighted by Gasteiger charge is -2.29. The molecule has 0 radical (unpaired) electrons. The number of nitrogens with zero attached hydrogens (tertiary/aromatic N) is 4. The van der Waals surface area contributed by atoms with Crippen LogP contribution < -0.4 is 10.1 Å². The lowest BCUT2D eigenvalue weighted by molar-refractivity contribution is -0.384. The van der Waals surface area contributed by atoms with Crippen LogP contribution in [-0.2, 0) is 4.74 Å². The highest BCUT2D eigenvalue weighted by molar-refractivity contribution is 9.10. The van der Waals surface area contributed by atoms with Crippen LogP contribution in [0.4, 0.5) is 25.0 Å². The van der Waals surface area contributed by atoms with Crippen molar-refractivity contribution in [3.63, 3.8) is 0 Å². The summed E-state index contributed by atoms with van der Waals surface area (Å²) in [5, 5.41) is 15.4. The third-order valence-electron chi connectivity index (χ3n) is 6.49. The summed E-state index contributed by atoms with van der Waals surface area (Å²) < 4.78 is 41.0. The number of anilines is 1. The van der Waals surface area contributed by atoms with Gasteiger partial charge in [0.25, 0.3) is 0 Å². The van der Waals surface area contributed by atoms with E-state index in [4.69, 9.17) is 9.47 Å². The molecule has 13 heteroatoms. The number of carbonyl (C=O) groups is 1. The van der Waals surface area contributed by atoms with E-state index in [1.807, 2.05) is 13.0 Å². The van der Waals surface area contributed by atoms with E-state index in [0.717, 1.165) is 10.7 Å². The number of rotatable bonds is 9. The minimum absolute atomic E-state index is 0.0339. The fourth-order valence-electron chi connectivity index (χ4n) is 4.71. The predicted molar refractivity (Wildman–Crippen MR) is 153 cm³/mol. The normalized spacial score (nSPS) is 17.9. The summed E-state index contributed by atoms with van der Waals surface area (Å²) in [6.07, 6.45) is 0.932. The first kappa shape index (κ1) is 30.4. The van der Waals surface area contributed by atoms with E-state index >= 15 is 0 Å². The topological polar surface area (TPSA) is 120 Å². The highest BCUT2D eigenvalue weighted by Gasteiger charge is 2.40. The molecular formula is C28H32BrF2N5O5. The smallest absolute Gasteiger partial charge is 0.410 e. The molecule has 1 fully saturated rings. The van der Waals surface area contributed by atoms with Crippen molar-refractivity contribution in [2.24, 2.45) is 0 Å². The van der Waals surface area contributed by atoms with Crippen LogP contribution in [0.3, 0.4) is 0 Å². The van der Waals surface area contributed by atoms with Gasteiger partial charge < -0.3 is 14.8 Å². The van der Waals surface area contributed by atoms with Crippen molar-refractivity contribution in [2.75, 3.05) is 18.4 Å². The molecule has 0 spiro atoms. The van der Waals surface area contributed by atoms with Gasteiger partial charge in [-0.15, -0.1) is 0 Å². The first-order valence-corrected chi connectivity index (χ1v) is 14.0. The molecule has 41 heavy (non-hydrogen) atoms. The SMILES string of the molecule is C[C@@H](CCCNc1c([N+](=O)[O-])cnc2ccc(Br)cc12)Oc1ncc(F)cc1[C@H]1C[C@H](F)CN1C(=O)OC(C)(C)C. The number of likely N-dealkylation sites (tertiary alicyclic amines) is 1. The molecule has 220 valence electrons. The van der Waals surface area contributed by atoms with Crippen molar-refractivity contribution < 1.29 is 28.0 Å². The van der Waals surface area contributed by atoms with Gasteiger partial charge in [-0.2, -0.15) is 0 Å². The number of fused-ring (bicyclic) bond motifs is 1. The van der Waals surface area contributed by atoms with Crippen LogP contribution in [0.1, 0.15) is 58.6 Å². The van der Waals surface area contributed by atoms with Crippen molar-refractivity contribution in [3.05, 3.63) is 62.6 Å². The Bertz CT molecular complexity index is 1440. The second-order valence-corrected chi connectivity index (χ2v) is 11.9. The van der Waals surface area contributed by atoms with E-state index in [9.17, 15) is 23.7 Å². The Labute approximate surface area is 244 Å². The number of carbonyl (C=O) groups excluding carboxylic acids is 1. The number of halogens is 3. The monoisotopic (exact) mass is 635 g/mol. The van der Waals surface area contributed by atoms with E-state index in [1.165, 1.54) is 17.2 Å². The van der Waals surface area contributed by atoms with Crippen molar-refractivity contribution in [1.82, 2.24) is 14.9 Å². The number of aromatic nitrogens is 2. The third-order valence-corrected chi connectivity index (χ3v) is 6.98. The molecule has 10 nitrogen and oxygen atoms in total. The number of amides is 1. The van der Waals surface area contributed by atoms with Gasteiger partial charge in [-0.05, 0) is 64.8 Å². The fraction of sp³-hybridized carbons (Fsp3) is 0.464. The highest BCUT2D eigenvalue weighted by atomic mass is 79.9. The summed E-state index contributed by atoms with van der Waals surface area (Å²) in [5.74, 6) is -0.520. The molecule has 0 unspecified atom stereocenters. The lowest BCUT2D eigenvalue weighted by atomic mass is 10.1. The van der Waals surface area contributed by atoms with Crippen LogP contribution >= 0.6 is 15.9 Å². The quantitative estimate of drug-likeness (QED) is 0.150. The molecule has 4 rings (SSSR count). The zero-order valence-electron chi connectivity index (χ0n) is 23.2. The van der Waals surface area contributed by atoms with Crippen molar-refractivity contribution in [1.29, 1.82) is 0 Å². The lowest BCUT2D eigenvalue weighted by Crippen LogP contribution is -2.37. The third kappa shape index (κ3) is 7.57. The molecule has 1 N–H and O–H groups in total. The molecule has 3 heterocycles. The Morgan fingerprint density at radius 3 is 2.76 bits per heavy atom.